The summed E-state index contributed by atoms with van der Waals surface area (Å²) in [5, 5.41) is 16.2. The maximum atomic E-state index is 13.4. The molecule has 0 saturated carbocycles. The van der Waals surface area contributed by atoms with Gasteiger partial charge in [-0.1, -0.05) is 49.3 Å². The summed E-state index contributed by atoms with van der Waals surface area (Å²) in [6.45, 7) is 22.9. The third-order valence-corrected chi connectivity index (χ3v) is 11.1. The Morgan fingerprint density at radius 1 is 0.845 bits per heavy atom. The minimum Gasteiger partial charge on any atom is -0.490 e. The molecule has 0 aliphatic rings. The van der Waals surface area contributed by atoms with Gasteiger partial charge in [-0.05, 0) is 97.4 Å². The molecule has 0 aliphatic carbocycles. The first kappa shape index (κ1) is 56.4. The van der Waals surface area contributed by atoms with Gasteiger partial charge in [0.25, 0.3) is 0 Å². The van der Waals surface area contributed by atoms with Crippen LogP contribution in [0.3, 0.4) is 0 Å². The van der Waals surface area contributed by atoms with E-state index in [2.05, 4.69) is 31.5 Å². The number of rotatable bonds is 21. The first-order chi connectivity index (χ1) is 33.3. The van der Waals surface area contributed by atoms with E-state index in [-0.39, 0.29) is 58.6 Å². The van der Waals surface area contributed by atoms with Gasteiger partial charge in [0.05, 0.1) is 36.2 Å². The summed E-state index contributed by atoms with van der Waals surface area (Å²) < 4.78 is 33.3. The molecule has 4 aromatic rings. The molecule has 19 nitrogen and oxygen atoms in total. The van der Waals surface area contributed by atoms with Crippen LogP contribution >= 0.6 is 23.4 Å². The van der Waals surface area contributed by atoms with Gasteiger partial charge in [0, 0.05) is 34.2 Å². The van der Waals surface area contributed by atoms with E-state index in [0.717, 1.165) is 5.56 Å². The number of nitrogen functional groups attached to an aromatic ring is 1. The quantitative estimate of drug-likeness (QED) is 0.0305. The number of carbonyl (C=O) groups is 6. The van der Waals surface area contributed by atoms with Crippen LogP contribution in [0, 0.1) is 29.7 Å². The van der Waals surface area contributed by atoms with Crippen molar-refractivity contribution in [3.8, 4) is 34.4 Å². The number of ketones is 1. The Hall–Kier alpha value is -7.16. The molecule has 5 atom stereocenters. The molecular formula is C50H58ClN7O12S. The number of nitrogens with two attached hydrogens (primary N) is 1. The number of anilines is 1. The van der Waals surface area contributed by atoms with Crippen LogP contribution in [0.25, 0.3) is 27.4 Å². The number of nitrogens with zero attached hydrogens (tertiary/aromatic N) is 4. The molecule has 0 saturated heterocycles. The molecule has 0 bridgehead atoms. The zero-order valence-electron chi connectivity index (χ0n) is 41.2. The Morgan fingerprint density at radius 3 is 2.08 bits per heavy atom. The van der Waals surface area contributed by atoms with E-state index in [0.29, 0.717) is 22.2 Å². The number of carbonyl (C=O) groups excluding carboxylic acids is 6. The number of thioether (sulfide) groups is 1. The summed E-state index contributed by atoms with van der Waals surface area (Å²) in [6, 6.07) is 13.2. The number of hydrogen-bond donors (Lipinski definition) is 3. The van der Waals surface area contributed by atoms with Crippen molar-refractivity contribution in [1.29, 1.82) is 5.26 Å². The van der Waals surface area contributed by atoms with E-state index in [1.807, 2.05) is 0 Å². The number of nitriles is 1. The summed E-state index contributed by atoms with van der Waals surface area (Å²) >= 11 is 7.20. The van der Waals surface area contributed by atoms with Crippen molar-refractivity contribution in [2.24, 2.45) is 11.8 Å². The molecule has 0 unspecified atom stereocenters. The zero-order valence-corrected chi connectivity index (χ0v) is 42.7. The zero-order chi connectivity index (χ0) is 52.8. The normalized spacial score (nSPS) is 13.4. The number of nitrogens with one attached hydrogen (secondary N) is 2. The fourth-order valence-corrected chi connectivity index (χ4v) is 7.29. The van der Waals surface area contributed by atoms with E-state index >= 15 is 0 Å². The number of alkyl carbamates (subject to hydrolysis) is 1. The lowest BCUT2D eigenvalue weighted by atomic mass is 10.00. The minimum absolute atomic E-state index is 0.0371. The smallest absolute Gasteiger partial charge is 0.408 e. The Kier molecular flexibility index (Phi) is 20.0. The number of halogens is 1. The highest BCUT2D eigenvalue weighted by Gasteiger charge is 2.30. The summed E-state index contributed by atoms with van der Waals surface area (Å²) in [4.78, 5) is 89.5. The molecule has 378 valence electrons. The lowest BCUT2D eigenvalue weighted by Gasteiger charge is -2.23. The van der Waals surface area contributed by atoms with Crippen molar-refractivity contribution >= 4 is 70.6 Å². The first-order valence-electron chi connectivity index (χ1n) is 22.4. The monoisotopic (exact) mass is 1020 g/mol. The van der Waals surface area contributed by atoms with Crippen molar-refractivity contribution in [3.05, 3.63) is 82.5 Å². The van der Waals surface area contributed by atoms with Gasteiger partial charge < -0.3 is 44.5 Å². The van der Waals surface area contributed by atoms with Crippen molar-refractivity contribution in [2.75, 3.05) is 18.9 Å². The number of aromatic nitrogens is 2. The lowest BCUT2D eigenvalue weighted by Crippen LogP contribution is -2.45. The molecule has 0 spiro atoms. The van der Waals surface area contributed by atoms with Gasteiger partial charge in [-0.2, -0.15) is 5.26 Å². The van der Waals surface area contributed by atoms with Crippen LogP contribution < -0.4 is 21.1 Å². The van der Waals surface area contributed by atoms with E-state index in [1.54, 1.807) is 90.1 Å². The molecule has 0 radical (unpaired) electrons. The number of amides is 2. The van der Waals surface area contributed by atoms with Gasteiger partial charge in [0.1, 0.15) is 59.4 Å². The number of pyridine rings is 1. The first-order valence-corrected chi connectivity index (χ1v) is 23.7. The average molecular weight is 1020 g/mol. The SMILES string of the molecule is [C-]#[N+]c1c(N)nc(SCc2coc(-c3ccc(Cl)cc3)n2)c(C#N)c1-c1ccc(OC[C@@H](COC(=O)[C@H](C)CC(=O)[C@@H](C)NC(=O)OC(C)(C)C)OC(=O)[C@H](C)NC(=O)[C@@H](C)CC(=O)OC(C)(C)C)cc1. The highest BCUT2D eigenvalue weighted by atomic mass is 35.5. The van der Waals surface area contributed by atoms with Crippen LogP contribution in [-0.2, 0) is 48.7 Å². The Balaban J connectivity index is 1.49. The second-order valence-electron chi connectivity index (χ2n) is 18.4. The molecule has 2 amide bonds. The van der Waals surface area contributed by atoms with Crippen LogP contribution in [0.5, 0.6) is 5.75 Å². The fraction of sp³-hybridized carbons (Fsp3) is 0.440. The minimum atomic E-state index is -1.26. The average Bonchev–Trinajstić information content (AvgIpc) is 3.76. The summed E-state index contributed by atoms with van der Waals surface area (Å²) in [5.41, 5.74) is 6.74. The topological polar surface area (TPSA) is 266 Å². The molecule has 71 heavy (non-hydrogen) atoms. The van der Waals surface area contributed by atoms with Crippen LogP contribution in [-0.4, -0.2) is 88.3 Å². The number of oxazole rings is 1. The fourth-order valence-electron chi connectivity index (χ4n) is 6.29. The van der Waals surface area contributed by atoms with Gasteiger partial charge in [-0.25, -0.2) is 24.4 Å². The summed E-state index contributed by atoms with van der Waals surface area (Å²) in [6.07, 6.45) is -1.11. The van der Waals surface area contributed by atoms with E-state index in [9.17, 15) is 34.0 Å². The van der Waals surface area contributed by atoms with Crippen molar-refractivity contribution in [1.82, 2.24) is 20.6 Å². The van der Waals surface area contributed by atoms with E-state index in [1.165, 1.54) is 45.7 Å². The standard InChI is InChI=1S/C50H58ClN7O12S/c1-27(21-39(60)69-49(5,6)7)43(61)55-30(4)47(63)68-36(25-67-46(62)28(2)20-38(59)29(3)56-48(64)70-50(8,9)10)24-65-35-18-14-31(15-19-35)40-37(22-52)45(58-42(53)41(40)54-11)71-26-34-23-66-44(57-34)32-12-16-33(51)17-13-32/h12-19,23,27-30,36H,20-21,24-26H2,1-10H3,(H2,53,58)(H,55,61)(H,56,64)/t27-,28+,29+,30-,36-/m0/s1. The lowest BCUT2D eigenvalue weighted by molar-refractivity contribution is -0.164. The predicted octanol–water partition coefficient (Wildman–Crippen LogP) is 8.57. The highest BCUT2D eigenvalue weighted by molar-refractivity contribution is 7.98. The van der Waals surface area contributed by atoms with Crippen LogP contribution in [0.15, 0.2) is 64.2 Å². The highest BCUT2D eigenvalue weighted by Crippen LogP contribution is 2.42. The largest absolute Gasteiger partial charge is 0.490 e. The van der Waals surface area contributed by atoms with E-state index < -0.39 is 83.5 Å². The van der Waals surface area contributed by atoms with Crippen LogP contribution in [0.2, 0.25) is 5.02 Å². The van der Waals surface area contributed by atoms with Gasteiger partial charge >= 0.3 is 24.0 Å². The molecular weight excluding hydrogens is 958 g/mol. The molecule has 0 fully saturated rings. The number of ether oxygens (including phenoxy) is 5. The Labute approximate surface area is 421 Å². The number of esters is 3. The molecule has 4 N–H and O–H groups in total. The van der Waals surface area contributed by atoms with Crippen LogP contribution in [0.1, 0.15) is 93.3 Å². The van der Waals surface area contributed by atoms with Gasteiger partial charge in [-0.3, -0.25) is 19.2 Å². The van der Waals surface area contributed by atoms with Crippen LogP contribution in [0.4, 0.5) is 16.3 Å². The second kappa shape index (κ2) is 25.1. The Morgan fingerprint density at radius 2 is 1.48 bits per heavy atom. The van der Waals surface area contributed by atoms with Gasteiger partial charge in [-0.15, -0.1) is 0 Å². The number of benzene rings is 2. The number of Topliss-reactive ketones (excluding diaryl/α,β-unsaturated/α-hetero) is 1. The Bertz CT molecular complexity index is 2650. The predicted molar refractivity (Wildman–Crippen MR) is 263 cm³/mol. The maximum absolute atomic E-state index is 13.4. The molecule has 2 aromatic carbocycles. The molecule has 21 heteroatoms. The van der Waals surface area contributed by atoms with Crippen molar-refractivity contribution < 1.29 is 56.9 Å². The second-order valence-corrected chi connectivity index (χ2v) is 19.9. The van der Waals surface area contributed by atoms with Gasteiger partial charge in [0.15, 0.2) is 11.9 Å². The van der Waals surface area contributed by atoms with Crippen molar-refractivity contribution in [2.45, 2.75) is 122 Å². The van der Waals surface area contributed by atoms with Gasteiger partial charge in [0.2, 0.25) is 17.5 Å². The third-order valence-electron chi connectivity index (χ3n) is 9.84. The molecule has 2 heterocycles. The number of hydrogen-bond acceptors (Lipinski definition) is 17. The summed E-state index contributed by atoms with van der Waals surface area (Å²) in [5.74, 6) is -4.46. The van der Waals surface area contributed by atoms with Crippen molar-refractivity contribution in [3.63, 3.8) is 0 Å². The molecule has 0 aliphatic heterocycles. The maximum Gasteiger partial charge on any atom is 0.408 e. The molecule has 4 rings (SSSR count). The molecule has 2 aromatic heterocycles. The summed E-state index contributed by atoms with van der Waals surface area (Å²) in [7, 11) is 0. The third kappa shape index (κ3) is 17.6. The van der Waals surface area contributed by atoms with E-state index in [4.69, 9.17) is 52.0 Å².